The van der Waals surface area contributed by atoms with Crippen molar-refractivity contribution in [1.29, 1.82) is 0 Å². The molecule has 0 atom stereocenters. The van der Waals surface area contributed by atoms with Crippen molar-refractivity contribution in [3.8, 4) is 5.75 Å². The number of nitrogens with zero attached hydrogens (tertiary/aromatic N) is 2. The second-order valence-electron chi connectivity index (χ2n) is 6.45. The molecule has 0 bridgehead atoms. The minimum Gasteiger partial charge on any atom is -0.497 e. The summed E-state index contributed by atoms with van der Waals surface area (Å²) in [6.45, 7) is -0.0367. The van der Waals surface area contributed by atoms with E-state index < -0.39 is 15.7 Å². The predicted octanol–water partition coefficient (Wildman–Crippen LogP) is 2.19. The molecule has 3 rings (SSSR count). The Labute approximate surface area is 173 Å². The van der Waals surface area contributed by atoms with Crippen LogP contribution >= 0.6 is 0 Å². The summed E-state index contributed by atoms with van der Waals surface area (Å²) in [7, 11) is -1.77. The Bertz CT molecular complexity index is 1150. The third-order valence-electron chi connectivity index (χ3n) is 4.12. The largest absolute Gasteiger partial charge is 0.497 e. The van der Waals surface area contributed by atoms with Crippen LogP contribution in [0.2, 0.25) is 0 Å². The highest BCUT2D eigenvalue weighted by atomic mass is 32.2. The number of hydrogen-bond acceptors (Lipinski definition) is 6. The average Bonchev–Trinajstić information content (AvgIpc) is 3.14. The van der Waals surface area contributed by atoms with Crippen molar-refractivity contribution in [2.75, 3.05) is 24.0 Å². The summed E-state index contributed by atoms with van der Waals surface area (Å²) in [5.41, 5.74) is 1.33. The van der Waals surface area contributed by atoms with Gasteiger partial charge in [0.1, 0.15) is 12.3 Å². The van der Waals surface area contributed by atoms with Crippen LogP contribution in [-0.4, -0.2) is 43.4 Å². The number of benzene rings is 2. The van der Waals surface area contributed by atoms with Crippen LogP contribution in [0, 0.1) is 0 Å². The van der Waals surface area contributed by atoms with E-state index in [0.29, 0.717) is 22.7 Å². The van der Waals surface area contributed by atoms with Gasteiger partial charge in [-0.3, -0.25) is 14.3 Å². The first-order chi connectivity index (χ1) is 14.2. The van der Waals surface area contributed by atoms with Crippen molar-refractivity contribution < 1.29 is 22.7 Å². The Morgan fingerprint density at radius 3 is 2.27 bits per heavy atom. The molecule has 0 saturated carbocycles. The summed E-state index contributed by atoms with van der Waals surface area (Å²) in [4.78, 5) is 24.6. The number of amides is 2. The predicted molar refractivity (Wildman–Crippen MR) is 111 cm³/mol. The van der Waals surface area contributed by atoms with E-state index >= 15 is 0 Å². The first-order valence-corrected chi connectivity index (χ1v) is 10.7. The number of ether oxygens (including phenoxy) is 1. The molecule has 9 nitrogen and oxygen atoms in total. The molecule has 0 aliphatic rings. The molecule has 0 aliphatic heterocycles. The molecule has 2 N–H and O–H groups in total. The van der Waals surface area contributed by atoms with E-state index in [2.05, 4.69) is 15.7 Å². The molecule has 2 amide bonds. The van der Waals surface area contributed by atoms with Crippen LogP contribution in [0.4, 0.5) is 11.4 Å². The molecule has 3 aromatic rings. The summed E-state index contributed by atoms with van der Waals surface area (Å²) >= 11 is 0. The van der Waals surface area contributed by atoms with Gasteiger partial charge in [-0.15, -0.1) is 0 Å². The second-order valence-corrected chi connectivity index (χ2v) is 8.47. The van der Waals surface area contributed by atoms with Gasteiger partial charge in [-0.05, 0) is 48.5 Å². The molecule has 1 heterocycles. The highest BCUT2D eigenvalue weighted by Crippen LogP contribution is 2.15. The number of methoxy groups -OCH3 is 1. The zero-order valence-corrected chi connectivity index (χ0v) is 17.1. The van der Waals surface area contributed by atoms with E-state index in [0.717, 1.165) is 6.26 Å². The van der Waals surface area contributed by atoms with Gasteiger partial charge in [-0.2, -0.15) is 5.10 Å². The van der Waals surface area contributed by atoms with Crippen molar-refractivity contribution >= 4 is 33.0 Å². The maximum Gasteiger partial charge on any atom is 0.255 e. The maximum absolute atomic E-state index is 12.3. The van der Waals surface area contributed by atoms with Gasteiger partial charge in [0.15, 0.2) is 9.84 Å². The molecule has 0 aliphatic carbocycles. The quantitative estimate of drug-likeness (QED) is 0.595. The molecule has 0 unspecified atom stereocenters. The van der Waals surface area contributed by atoms with Gasteiger partial charge in [0.2, 0.25) is 5.91 Å². The Morgan fingerprint density at radius 1 is 1.00 bits per heavy atom. The summed E-state index contributed by atoms with van der Waals surface area (Å²) in [6, 6.07) is 12.5. The highest BCUT2D eigenvalue weighted by Gasteiger charge is 2.12. The number of carbonyl (C=O) groups is 2. The van der Waals surface area contributed by atoms with Gasteiger partial charge in [-0.1, -0.05) is 0 Å². The lowest BCUT2D eigenvalue weighted by atomic mass is 10.2. The molecular weight excluding hydrogens is 408 g/mol. The van der Waals surface area contributed by atoms with Gasteiger partial charge >= 0.3 is 0 Å². The fourth-order valence-corrected chi connectivity index (χ4v) is 3.22. The van der Waals surface area contributed by atoms with Crippen LogP contribution in [-0.2, 0) is 21.2 Å². The van der Waals surface area contributed by atoms with Gasteiger partial charge < -0.3 is 15.4 Å². The second kappa shape index (κ2) is 8.78. The molecule has 2 aromatic carbocycles. The van der Waals surface area contributed by atoms with Crippen LogP contribution in [0.3, 0.4) is 0 Å². The Balaban J connectivity index is 1.57. The van der Waals surface area contributed by atoms with Crippen LogP contribution < -0.4 is 15.4 Å². The van der Waals surface area contributed by atoms with Crippen molar-refractivity contribution in [3.63, 3.8) is 0 Å². The van der Waals surface area contributed by atoms with Gasteiger partial charge in [0.05, 0.1) is 23.9 Å². The zero-order valence-electron chi connectivity index (χ0n) is 16.3. The van der Waals surface area contributed by atoms with E-state index in [1.54, 1.807) is 31.4 Å². The van der Waals surface area contributed by atoms with Crippen LogP contribution in [0.25, 0.3) is 0 Å². The lowest BCUT2D eigenvalue weighted by Gasteiger charge is -2.06. The number of nitrogens with one attached hydrogen (secondary N) is 2. The minimum atomic E-state index is -3.33. The third-order valence-corrected chi connectivity index (χ3v) is 5.24. The number of aromatic nitrogens is 2. The molecule has 0 spiro atoms. The summed E-state index contributed by atoms with van der Waals surface area (Å²) in [6.07, 6.45) is 4.04. The lowest BCUT2D eigenvalue weighted by Crippen LogP contribution is -2.19. The topological polar surface area (TPSA) is 119 Å². The Kier molecular flexibility index (Phi) is 6.17. The SMILES string of the molecule is COc1ccc(NC(=O)Cn2cc(NC(=O)c3ccc(S(C)(=O)=O)cc3)cn2)cc1. The van der Waals surface area contributed by atoms with E-state index in [9.17, 15) is 18.0 Å². The maximum atomic E-state index is 12.3. The smallest absolute Gasteiger partial charge is 0.255 e. The van der Waals surface area contributed by atoms with E-state index in [1.807, 2.05) is 0 Å². The van der Waals surface area contributed by atoms with Crippen molar-refractivity contribution in [2.24, 2.45) is 0 Å². The Morgan fingerprint density at radius 2 is 1.67 bits per heavy atom. The number of rotatable bonds is 7. The third kappa shape index (κ3) is 5.45. The minimum absolute atomic E-state index is 0.0367. The van der Waals surface area contributed by atoms with E-state index in [4.69, 9.17) is 4.74 Å². The number of sulfone groups is 1. The molecular formula is C20H20N4O5S. The zero-order chi connectivity index (χ0) is 21.7. The van der Waals surface area contributed by atoms with Crippen molar-refractivity contribution in [1.82, 2.24) is 9.78 Å². The van der Waals surface area contributed by atoms with E-state index in [-0.39, 0.29) is 17.3 Å². The van der Waals surface area contributed by atoms with E-state index in [1.165, 1.54) is 41.3 Å². The fraction of sp³-hybridized carbons (Fsp3) is 0.150. The molecule has 0 fully saturated rings. The molecule has 1 aromatic heterocycles. The van der Waals surface area contributed by atoms with Crippen LogP contribution in [0.5, 0.6) is 5.75 Å². The van der Waals surface area contributed by atoms with Gasteiger partial charge in [-0.25, -0.2) is 8.42 Å². The Hall–Kier alpha value is -3.66. The summed E-state index contributed by atoms with van der Waals surface area (Å²) < 4.78 is 29.4. The standard InChI is InChI=1S/C20H20N4O5S/c1-29-17-7-5-15(6-8-17)22-19(25)13-24-12-16(11-21-24)23-20(26)14-3-9-18(10-4-14)30(2,27)28/h3-12H,13H2,1-2H3,(H,22,25)(H,23,26). The molecule has 10 heteroatoms. The number of carbonyl (C=O) groups excluding carboxylic acids is 2. The molecule has 0 saturated heterocycles. The monoisotopic (exact) mass is 428 g/mol. The summed E-state index contributed by atoms with van der Waals surface area (Å²) in [5, 5.41) is 9.46. The van der Waals surface area contributed by atoms with Gasteiger partial charge in [0, 0.05) is 23.7 Å². The van der Waals surface area contributed by atoms with Crippen LogP contribution in [0.15, 0.2) is 65.8 Å². The fourth-order valence-electron chi connectivity index (χ4n) is 2.59. The summed E-state index contributed by atoms with van der Waals surface area (Å²) in [5.74, 6) is -0.0128. The van der Waals surface area contributed by atoms with Crippen molar-refractivity contribution in [3.05, 3.63) is 66.5 Å². The number of anilines is 2. The first-order valence-electron chi connectivity index (χ1n) is 8.82. The molecule has 156 valence electrons. The van der Waals surface area contributed by atoms with Gasteiger partial charge in [0.25, 0.3) is 5.91 Å². The normalized spacial score (nSPS) is 11.0. The highest BCUT2D eigenvalue weighted by molar-refractivity contribution is 7.90. The average molecular weight is 428 g/mol. The van der Waals surface area contributed by atoms with Crippen molar-refractivity contribution in [2.45, 2.75) is 11.4 Å². The molecule has 0 radical (unpaired) electrons. The molecule has 30 heavy (non-hydrogen) atoms. The van der Waals surface area contributed by atoms with Crippen LogP contribution in [0.1, 0.15) is 10.4 Å². The first kappa shape index (κ1) is 21.1. The number of hydrogen-bond donors (Lipinski definition) is 2. The lowest BCUT2D eigenvalue weighted by molar-refractivity contribution is -0.116.